The number of thiazole rings is 2. The maximum absolute atomic E-state index is 14.1. The van der Waals surface area contributed by atoms with Crippen LogP contribution < -0.4 is 31.9 Å². The molecule has 18 rings (SSSR count). The Bertz CT molecular complexity index is 5500. The Kier molecular flexibility index (Phi) is 34.9. The molecule has 8 fully saturated rings. The van der Waals surface area contributed by atoms with Crippen LogP contribution in [0.5, 0.6) is 0 Å². The molecule has 4 aromatic heterocycles. The molecule has 4 aliphatic heterocycles. The Hall–Kier alpha value is -10.3. The van der Waals surface area contributed by atoms with Gasteiger partial charge in [0, 0.05) is 49.1 Å². The second-order valence-electron chi connectivity index (χ2n) is 40.2. The molecule has 0 unspecified atom stereocenters. The molecule has 4 saturated heterocycles. The van der Waals surface area contributed by atoms with Crippen LogP contribution in [0, 0.1) is 42.4 Å². The van der Waals surface area contributed by atoms with Crippen molar-refractivity contribution in [2.24, 2.45) is 35.5 Å². The van der Waals surface area contributed by atoms with Crippen LogP contribution in [0.1, 0.15) is 311 Å². The molecular weight excluding hydrogens is 1740 g/mol. The Morgan fingerprint density at radius 2 is 0.684 bits per heavy atom. The zero-order chi connectivity index (χ0) is 95.6. The molecule has 0 radical (unpaired) electrons. The van der Waals surface area contributed by atoms with E-state index in [1.165, 1.54) is 41.5 Å². The van der Waals surface area contributed by atoms with Crippen LogP contribution in [-0.4, -0.2) is 173 Å². The van der Waals surface area contributed by atoms with Gasteiger partial charge in [-0.25, -0.2) is 19.9 Å². The number of imidazole rings is 2. The molecule has 8 amide bonds. The summed E-state index contributed by atoms with van der Waals surface area (Å²) in [6.07, 6.45) is 30.9. The van der Waals surface area contributed by atoms with Gasteiger partial charge >= 0.3 is 0 Å². The molecule has 0 bridgehead atoms. The van der Waals surface area contributed by atoms with Crippen molar-refractivity contribution in [2.45, 2.75) is 321 Å². The van der Waals surface area contributed by atoms with E-state index in [1.54, 1.807) is 36.8 Å². The van der Waals surface area contributed by atoms with Crippen LogP contribution in [0.2, 0.25) is 0 Å². The summed E-state index contributed by atoms with van der Waals surface area (Å²) in [6, 6.07) is 43.1. The third-order valence-electron chi connectivity index (χ3n) is 30.8. The predicted octanol–water partition coefficient (Wildman–Crippen LogP) is 20.7. The van der Waals surface area contributed by atoms with Crippen LogP contribution in [0.25, 0.3) is 64.8 Å². The predicted molar refractivity (Wildman–Crippen MR) is 546 cm³/mol. The second kappa shape index (κ2) is 47.4. The van der Waals surface area contributed by atoms with Crippen molar-refractivity contribution in [2.75, 3.05) is 40.3 Å². The highest BCUT2D eigenvalue weighted by Gasteiger charge is 2.46. The molecule has 10 aromatic rings. The first-order chi connectivity index (χ1) is 66.0. The number of rotatable bonds is 27. The summed E-state index contributed by atoms with van der Waals surface area (Å²) in [7, 11) is 3.54. The standard InChI is InChI=1S/C30H37N3O2S.C29H37N5O2.C26H39N5O2.C25H35N3O2S/c1-3-20(2)28(34)31-26(22-14-8-5-9-15-22)30(35)33-19-11-17-24(33)29-32-27-23(16-10-18-25(27)36-29)21-12-6-4-7-13-21;1-19(30-2)28(35)33-25(21-13-7-4-8-14-21)29(36)34-18-10-17-24(34)27-31-23-16-9-15-22(26(23)32-27)20-11-5-3-6-12-20;1-16(2)19-12-8-13-20-23(19)29-24(28-20)21-14-9-15-31(21)26(33)22(18-10-6-5-7-11-18)30-25(32)17(3)27-4;1-4-16(2)23(29)26-22(18-11-6-5-7-12-18)25(30)28-15-9-13-19(28)24-27-21-17(3)10-8-14-20(21)31-24/h4,6-7,10,12-13,16,18,20,22,24,26H,3,5,8-9,11,14-15,17,19H2,1-2H3,(H,31,34);3,5-6,9,11-12,15-16,19,21,24-25,30H,4,7-8,10,13-14,17-18H2,1-2H3,(H,31,32)(H,33,35);8,12-13,16-18,21-22,27H,5-7,9-11,14-15H2,1-4H3,(H,28,29)(H,30,32);8,10,14,16,18-19,22H,4-7,9,11-13,15H2,1-3H3,(H,26,29)/t20-,24+,26+;19-,24-,25-;17-,21-,22-;16-,19+,22+/m1001/s1. The monoisotopic (exact) mass is 1890 g/mol. The first-order valence-electron chi connectivity index (χ1n) is 51.6. The minimum atomic E-state index is -0.488. The van der Waals surface area contributed by atoms with E-state index >= 15 is 0 Å². The van der Waals surface area contributed by atoms with E-state index in [1.807, 2.05) is 97.5 Å². The Balaban J connectivity index is 0.000000138. The molecule has 136 heavy (non-hydrogen) atoms. The third kappa shape index (κ3) is 23.5. The van der Waals surface area contributed by atoms with E-state index in [4.69, 9.17) is 19.9 Å². The molecule has 6 aromatic carbocycles. The number of carbonyl (C=O) groups is 8. The van der Waals surface area contributed by atoms with E-state index in [0.29, 0.717) is 19.0 Å². The lowest BCUT2D eigenvalue weighted by Gasteiger charge is -2.35. The summed E-state index contributed by atoms with van der Waals surface area (Å²) in [5, 5.41) is 20.6. The van der Waals surface area contributed by atoms with Gasteiger partial charge in [-0.3, -0.25) is 38.4 Å². The molecule has 24 nitrogen and oxygen atoms in total. The molecule has 4 saturated carbocycles. The molecular formula is C110H148N16O8S2. The van der Waals surface area contributed by atoms with Gasteiger partial charge in [0.2, 0.25) is 47.3 Å². The molecule has 4 aliphatic carbocycles. The van der Waals surface area contributed by atoms with Gasteiger partial charge in [0.05, 0.1) is 78.8 Å². The average Bonchev–Trinajstić information content (AvgIpc) is 1.64. The van der Waals surface area contributed by atoms with Crippen LogP contribution >= 0.6 is 22.7 Å². The van der Waals surface area contributed by atoms with Crippen molar-refractivity contribution in [3.8, 4) is 22.3 Å². The number of amides is 8. The quantitative estimate of drug-likeness (QED) is 0.0237. The first kappa shape index (κ1) is 100. The van der Waals surface area contributed by atoms with Gasteiger partial charge in [0.25, 0.3) is 0 Å². The molecule has 8 heterocycles. The van der Waals surface area contributed by atoms with E-state index in [2.05, 4.69) is 160 Å². The van der Waals surface area contributed by atoms with Gasteiger partial charge in [-0.1, -0.05) is 228 Å². The van der Waals surface area contributed by atoms with Gasteiger partial charge in [0.1, 0.15) is 45.8 Å². The molecule has 12 atom stereocenters. The van der Waals surface area contributed by atoms with Crippen molar-refractivity contribution >= 4 is 112 Å². The molecule has 8 N–H and O–H groups in total. The number of aromatic nitrogens is 6. The van der Waals surface area contributed by atoms with Crippen molar-refractivity contribution in [1.82, 2.24) is 81.4 Å². The number of carbonyl (C=O) groups excluding carboxylic acids is 8. The first-order valence-corrected chi connectivity index (χ1v) is 53.3. The van der Waals surface area contributed by atoms with E-state index in [-0.39, 0.29) is 119 Å². The molecule has 728 valence electrons. The van der Waals surface area contributed by atoms with Crippen molar-refractivity contribution in [3.63, 3.8) is 0 Å². The zero-order valence-corrected chi connectivity index (χ0v) is 83.9. The Labute approximate surface area is 812 Å². The smallest absolute Gasteiger partial charge is 0.246 e. The normalized spacial score (nSPS) is 21.0. The number of aryl methyl sites for hydroxylation is 1. The summed E-state index contributed by atoms with van der Waals surface area (Å²) in [5.41, 5.74) is 12.9. The van der Waals surface area contributed by atoms with Gasteiger partial charge in [-0.15, -0.1) is 22.7 Å². The maximum atomic E-state index is 14.1. The number of nitrogens with zero attached hydrogens (tertiary/aromatic N) is 8. The van der Waals surface area contributed by atoms with E-state index < -0.39 is 24.2 Å². The average molecular weight is 1890 g/mol. The summed E-state index contributed by atoms with van der Waals surface area (Å²) in [6.45, 7) is 20.9. The van der Waals surface area contributed by atoms with Crippen molar-refractivity contribution in [1.29, 1.82) is 0 Å². The summed E-state index contributed by atoms with van der Waals surface area (Å²) in [5.74, 6) is 2.82. The van der Waals surface area contributed by atoms with Crippen LogP contribution in [0.3, 0.4) is 0 Å². The number of fused-ring (bicyclic) bond motifs is 4. The molecule has 0 spiro atoms. The Morgan fingerprint density at radius 1 is 0.353 bits per heavy atom. The highest BCUT2D eigenvalue weighted by molar-refractivity contribution is 7.19. The number of nitrogens with one attached hydrogen (secondary N) is 8. The summed E-state index contributed by atoms with van der Waals surface area (Å²) < 4.78 is 2.34. The lowest BCUT2D eigenvalue weighted by molar-refractivity contribution is -0.140. The van der Waals surface area contributed by atoms with Crippen molar-refractivity contribution < 1.29 is 38.4 Å². The van der Waals surface area contributed by atoms with Crippen LogP contribution in [0.4, 0.5) is 0 Å². The van der Waals surface area contributed by atoms with E-state index in [9.17, 15) is 38.4 Å². The third-order valence-corrected chi connectivity index (χ3v) is 33.1. The summed E-state index contributed by atoms with van der Waals surface area (Å²) >= 11 is 3.41. The topological polar surface area (TPSA) is 305 Å². The van der Waals surface area contributed by atoms with Gasteiger partial charge in [-0.2, -0.15) is 0 Å². The molecule has 26 heteroatoms. The fourth-order valence-corrected chi connectivity index (χ4v) is 24.4. The van der Waals surface area contributed by atoms with Gasteiger partial charge in [0.15, 0.2) is 0 Å². The van der Waals surface area contributed by atoms with Gasteiger partial charge < -0.3 is 61.5 Å². The number of likely N-dealkylation sites (N-methyl/N-ethyl adjacent to an activating group) is 2. The SMILES string of the molecule is CC[C@@H](C)C(=O)N[C@H](C(=O)N1CCC[C@H]1c1nc2c(-c3ccccc3)cccc2s1)C1CCCCC1.CC[C@@H](C)C(=O)N[C@H](C(=O)N1CCC[C@H]1c1nc2c(C)cccc2s1)C1CCCCC1.CN[C@@H](C)C(=O)N[C@H](C(=O)N1CCC[C@H]1c1nc2c(-c3ccccc3)cccc2[nH]1)C1CCCCC1.CN[C@@H](C)C(=O)N[C@H](C(=O)N1CCC[C@H]1c1nc2c(C(C)C)cccc2[nH]1)C1CCCCC1. The molecule has 8 aliphatic rings. The lowest BCUT2D eigenvalue weighted by atomic mass is 9.83. The number of hydrogen-bond donors (Lipinski definition) is 8. The Morgan fingerprint density at radius 3 is 1.07 bits per heavy atom. The fraction of sp³-hybridized carbons (Fsp3) is 0.564. The van der Waals surface area contributed by atoms with Crippen LogP contribution in [-0.2, 0) is 38.4 Å². The largest absolute Gasteiger partial charge is 0.344 e. The number of aromatic amines is 2. The zero-order valence-electron chi connectivity index (χ0n) is 82.2. The maximum Gasteiger partial charge on any atom is 0.246 e. The second-order valence-corrected chi connectivity index (χ2v) is 42.3. The van der Waals surface area contributed by atoms with Crippen LogP contribution in [0.15, 0.2) is 133 Å². The minimum absolute atomic E-state index is 0.00432. The van der Waals surface area contributed by atoms with Gasteiger partial charge in [-0.05, 0) is 227 Å². The number of benzene rings is 6. The highest BCUT2D eigenvalue weighted by atomic mass is 32.1. The van der Waals surface area contributed by atoms with E-state index in [0.717, 1.165) is 262 Å². The number of para-hydroxylation sites is 4. The fourth-order valence-electron chi connectivity index (χ4n) is 22.1. The highest BCUT2D eigenvalue weighted by Crippen LogP contribution is 2.45. The number of H-pyrrole nitrogens is 2. The minimum Gasteiger partial charge on any atom is -0.344 e. The lowest BCUT2D eigenvalue weighted by Crippen LogP contribution is -2.55. The number of hydrogen-bond acceptors (Lipinski definition) is 16. The summed E-state index contributed by atoms with van der Waals surface area (Å²) in [4.78, 5) is 142. The number of likely N-dealkylation sites (tertiary alicyclic amines) is 4. The van der Waals surface area contributed by atoms with Crippen molar-refractivity contribution in [3.05, 3.63) is 166 Å².